The third-order valence-corrected chi connectivity index (χ3v) is 5.34. The Morgan fingerprint density at radius 1 is 1.25 bits per heavy atom. The fourth-order valence-corrected chi connectivity index (χ4v) is 3.59. The molecule has 1 fully saturated rings. The van der Waals surface area contributed by atoms with E-state index in [-0.39, 0.29) is 18.4 Å². The van der Waals surface area contributed by atoms with Crippen molar-refractivity contribution in [2.75, 3.05) is 26.4 Å². The van der Waals surface area contributed by atoms with Crippen molar-refractivity contribution in [3.8, 4) is 0 Å². The third-order valence-electron chi connectivity index (χ3n) is 5.34. The second kappa shape index (κ2) is 11.0. The van der Waals surface area contributed by atoms with Gasteiger partial charge >= 0.3 is 0 Å². The number of carbonyl (C=O) groups excluding carboxylic acids is 2. The van der Waals surface area contributed by atoms with Gasteiger partial charge in [0.2, 0.25) is 11.8 Å². The van der Waals surface area contributed by atoms with E-state index in [1.54, 1.807) is 31.3 Å². The molecule has 0 bridgehead atoms. The van der Waals surface area contributed by atoms with Gasteiger partial charge in [-0.1, -0.05) is 38.2 Å². The van der Waals surface area contributed by atoms with Gasteiger partial charge in [0.25, 0.3) is 0 Å². The number of likely N-dealkylation sites (N-methyl/N-ethyl adjacent to an activating group) is 1. The number of nitrogens with zero attached hydrogens (tertiary/aromatic N) is 2. The van der Waals surface area contributed by atoms with E-state index >= 15 is 0 Å². The van der Waals surface area contributed by atoms with Crippen molar-refractivity contribution in [3.63, 3.8) is 0 Å². The number of rotatable bonds is 9. The molecule has 2 atom stereocenters. The van der Waals surface area contributed by atoms with E-state index in [9.17, 15) is 14.7 Å². The molecule has 1 unspecified atom stereocenters. The summed E-state index contributed by atoms with van der Waals surface area (Å²) in [4.78, 5) is 31.1. The summed E-state index contributed by atoms with van der Waals surface area (Å²) in [7, 11) is 3.45. The molecule has 1 aliphatic carbocycles. The average molecular weight is 392 g/mol. The summed E-state index contributed by atoms with van der Waals surface area (Å²) in [5, 5.41) is 15.2. The molecule has 0 aromatic carbocycles. The smallest absolute Gasteiger partial charge is 0.242 e. The Morgan fingerprint density at radius 2 is 1.96 bits per heavy atom. The largest absolute Gasteiger partial charge is 0.394 e. The molecule has 1 aromatic rings. The molecule has 8 heteroatoms. The summed E-state index contributed by atoms with van der Waals surface area (Å²) in [6.07, 6.45) is 7.97. The van der Waals surface area contributed by atoms with Gasteiger partial charge in [0.15, 0.2) is 0 Å². The molecule has 1 aromatic heterocycles. The van der Waals surface area contributed by atoms with Crippen molar-refractivity contribution in [1.29, 1.82) is 0 Å². The van der Waals surface area contributed by atoms with E-state index in [4.69, 9.17) is 5.73 Å². The summed E-state index contributed by atoms with van der Waals surface area (Å²) in [6.45, 7) is 0.0218. The maximum atomic E-state index is 12.8. The first kappa shape index (κ1) is 22.1. The normalized spacial score (nSPS) is 17.1. The van der Waals surface area contributed by atoms with Gasteiger partial charge < -0.3 is 21.5 Å². The van der Waals surface area contributed by atoms with E-state index in [1.165, 1.54) is 19.3 Å². The van der Waals surface area contributed by atoms with Crippen molar-refractivity contribution >= 4 is 17.6 Å². The highest BCUT2D eigenvalue weighted by Crippen LogP contribution is 2.27. The van der Waals surface area contributed by atoms with Gasteiger partial charge in [-0.15, -0.1) is 0 Å². The maximum absolute atomic E-state index is 12.8. The fraction of sp³-hybridized carbons (Fsp3) is 0.650. The second-order valence-electron chi connectivity index (χ2n) is 7.77. The van der Waals surface area contributed by atoms with Crippen molar-refractivity contribution in [2.45, 2.75) is 57.2 Å². The standard InChI is InChI=1S/C20H33N5O3/c1-25(2)17(13-26)20(28)24-16(10-14-6-4-3-5-7-14)19(27)23-12-15-8-9-18(21)22-11-15/h8-9,11,14,16-17,26H,3-7,10,12-13H2,1-2H3,(H2,21,22)(H,23,27)(H,24,28)/t16-,17?/m0/s1. The Morgan fingerprint density at radius 3 is 2.54 bits per heavy atom. The zero-order chi connectivity index (χ0) is 20.5. The second-order valence-corrected chi connectivity index (χ2v) is 7.77. The van der Waals surface area contributed by atoms with Crippen LogP contribution in [0.5, 0.6) is 0 Å². The first-order valence-electron chi connectivity index (χ1n) is 9.96. The highest BCUT2D eigenvalue weighted by molar-refractivity contribution is 5.89. The van der Waals surface area contributed by atoms with Crippen LogP contribution in [-0.4, -0.2) is 59.6 Å². The molecule has 0 saturated heterocycles. The Labute approximate surface area is 166 Å². The van der Waals surface area contributed by atoms with Crippen LogP contribution < -0.4 is 16.4 Å². The van der Waals surface area contributed by atoms with Gasteiger partial charge in [-0.05, 0) is 38.1 Å². The minimum Gasteiger partial charge on any atom is -0.394 e. The molecule has 8 nitrogen and oxygen atoms in total. The third kappa shape index (κ3) is 6.76. The predicted molar refractivity (Wildman–Crippen MR) is 108 cm³/mol. The van der Waals surface area contributed by atoms with Crippen molar-refractivity contribution in [2.24, 2.45) is 5.92 Å². The summed E-state index contributed by atoms with van der Waals surface area (Å²) >= 11 is 0. The lowest BCUT2D eigenvalue weighted by Crippen LogP contribution is -2.54. The van der Waals surface area contributed by atoms with Gasteiger partial charge in [0.05, 0.1) is 6.61 Å². The molecular formula is C20H33N5O3. The average Bonchev–Trinajstić information content (AvgIpc) is 2.68. The zero-order valence-electron chi connectivity index (χ0n) is 16.9. The summed E-state index contributed by atoms with van der Waals surface area (Å²) < 4.78 is 0. The first-order valence-corrected chi connectivity index (χ1v) is 9.96. The highest BCUT2D eigenvalue weighted by Gasteiger charge is 2.29. The first-order chi connectivity index (χ1) is 13.4. The topological polar surface area (TPSA) is 121 Å². The number of aliphatic hydroxyl groups excluding tert-OH is 1. The lowest BCUT2D eigenvalue weighted by atomic mass is 9.84. The minimum absolute atomic E-state index is 0.216. The number of aromatic nitrogens is 1. The Balaban J connectivity index is 2.01. The van der Waals surface area contributed by atoms with Crippen LogP contribution in [0.4, 0.5) is 5.82 Å². The quantitative estimate of drug-likeness (QED) is 0.491. The number of hydrogen-bond donors (Lipinski definition) is 4. The number of amides is 2. The molecule has 156 valence electrons. The van der Waals surface area contributed by atoms with Gasteiger partial charge in [-0.2, -0.15) is 0 Å². The number of anilines is 1. The number of nitrogens with two attached hydrogens (primary N) is 1. The zero-order valence-corrected chi connectivity index (χ0v) is 16.9. The monoisotopic (exact) mass is 391 g/mol. The van der Waals surface area contributed by atoms with E-state index in [0.717, 1.165) is 18.4 Å². The number of nitrogen functional groups attached to an aromatic ring is 1. The van der Waals surface area contributed by atoms with Gasteiger partial charge in [-0.3, -0.25) is 14.5 Å². The summed E-state index contributed by atoms with van der Waals surface area (Å²) in [6, 6.07) is 2.20. The molecule has 28 heavy (non-hydrogen) atoms. The van der Waals surface area contributed by atoms with Crippen LogP contribution in [0.25, 0.3) is 0 Å². The maximum Gasteiger partial charge on any atom is 0.242 e. The van der Waals surface area contributed by atoms with Crippen molar-refractivity contribution < 1.29 is 14.7 Å². The SMILES string of the molecule is CN(C)C(CO)C(=O)N[C@@H](CC1CCCCC1)C(=O)NCc1ccc(N)nc1. The minimum atomic E-state index is -0.678. The van der Waals surface area contributed by atoms with E-state index < -0.39 is 12.1 Å². The van der Waals surface area contributed by atoms with Crippen LogP contribution in [0, 0.1) is 5.92 Å². The van der Waals surface area contributed by atoms with Crippen LogP contribution in [0.3, 0.4) is 0 Å². The van der Waals surface area contributed by atoms with Gasteiger partial charge in [0.1, 0.15) is 17.9 Å². The fourth-order valence-electron chi connectivity index (χ4n) is 3.59. The van der Waals surface area contributed by atoms with Crippen LogP contribution in [0.2, 0.25) is 0 Å². The summed E-state index contributed by atoms with van der Waals surface area (Å²) in [5.74, 6) is 0.301. The van der Waals surface area contributed by atoms with Crippen molar-refractivity contribution in [3.05, 3.63) is 23.9 Å². The molecule has 0 radical (unpaired) electrons. The number of aliphatic hydroxyl groups is 1. The lowest BCUT2D eigenvalue weighted by molar-refractivity contribution is -0.132. The number of carbonyl (C=O) groups is 2. The van der Waals surface area contributed by atoms with E-state index in [0.29, 0.717) is 24.7 Å². The Hall–Kier alpha value is -2.19. The van der Waals surface area contributed by atoms with Crippen LogP contribution >= 0.6 is 0 Å². The molecule has 2 amide bonds. The van der Waals surface area contributed by atoms with E-state index in [1.807, 2.05) is 6.07 Å². The van der Waals surface area contributed by atoms with Crippen LogP contribution in [-0.2, 0) is 16.1 Å². The van der Waals surface area contributed by atoms with E-state index in [2.05, 4.69) is 15.6 Å². The Kier molecular flexibility index (Phi) is 8.66. The molecule has 1 saturated carbocycles. The molecule has 0 aliphatic heterocycles. The lowest BCUT2D eigenvalue weighted by Gasteiger charge is -2.29. The van der Waals surface area contributed by atoms with Crippen LogP contribution in [0.1, 0.15) is 44.1 Å². The summed E-state index contributed by atoms with van der Waals surface area (Å²) in [5.41, 5.74) is 6.42. The van der Waals surface area contributed by atoms with Crippen LogP contribution in [0.15, 0.2) is 18.3 Å². The van der Waals surface area contributed by atoms with Gasteiger partial charge in [0, 0.05) is 12.7 Å². The predicted octanol–water partition coefficient (Wildman–Crippen LogP) is 0.658. The Bertz CT molecular complexity index is 629. The molecule has 5 N–H and O–H groups in total. The number of nitrogens with one attached hydrogen (secondary N) is 2. The number of hydrogen-bond acceptors (Lipinski definition) is 6. The molecular weight excluding hydrogens is 358 g/mol. The molecule has 1 heterocycles. The number of pyridine rings is 1. The molecule has 0 spiro atoms. The highest BCUT2D eigenvalue weighted by atomic mass is 16.3. The molecule has 2 rings (SSSR count). The molecule has 1 aliphatic rings. The van der Waals surface area contributed by atoms with Crippen molar-refractivity contribution in [1.82, 2.24) is 20.5 Å². The van der Waals surface area contributed by atoms with Gasteiger partial charge in [-0.25, -0.2) is 4.98 Å².